The first-order valence-electron chi connectivity index (χ1n) is 5.47. The molecule has 0 spiro atoms. The van der Waals surface area contributed by atoms with Crippen molar-refractivity contribution < 1.29 is 4.79 Å². The topological polar surface area (TPSA) is 72.9 Å². The molecule has 0 bridgehead atoms. The monoisotopic (exact) mass is 356 g/mol. The van der Waals surface area contributed by atoms with E-state index in [1.54, 1.807) is 17.1 Å². The van der Waals surface area contributed by atoms with E-state index in [9.17, 15) is 4.79 Å². The van der Waals surface area contributed by atoms with Crippen LogP contribution in [0.25, 0.3) is 0 Å². The fourth-order valence-corrected chi connectivity index (χ4v) is 1.85. The van der Waals surface area contributed by atoms with Crippen LogP contribution in [0.1, 0.15) is 10.4 Å². The van der Waals surface area contributed by atoms with Gasteiger partial charge in [0.1, 0.15) is 0 Å². The second-order valence-corrected chi connectivity index (χ2v) is 5.05. The fraction of sp³-hybridized carbons (Fsp3) is 0.167. The van der Waals surface area contributed by atoms with Crippen molar-refractivity contribution in [2.75, 3.05) is 12.3 Å². The summed E-state index contributed by atoms with van der Waals surface area (Å²) in [6.07, 6.45) is 3.32. The minimum Gasteiger partial charge on any atom is -0.396 e. The molecular formula is C12H13IN4O. The van der Waals surface area contributed by atoms with Crippen molar-refractivity contribution >= 4 is 34.2 Å². The van der Waals surface area contributed by atoms with Gasteiger partial charge in [-0.3, -0.25) is 9.48 Å². The first-order valence-corrected chi connectivity index (χ1v) is 6.55. The average molecular weight is 356 g/mol. The number of benzene rings is 1. The number of nitrogens with zero attached hydrogens (tertiary/aromatic N) is 2. The van der Waals surface area contributed by atoms with Gasteiger partial charge in [0.25, 0.3) is 5.91 Å². The third kappa shape index (κ3) is 3.46. The number of carbonyl (C=O) groups is 1. The molecule has 1 aromatic heterocycles. The number of nitrogens with one attached hydrogen (secondary N) is 1. The first-order chi connectivity index (χ1) is 8.65. The summed E-state index contributed by atoms with van der Waals surface area (Å²) < 4.78 is 2.81. The van der Waals surface area contributed by atoms with Gasteiger partial charge in [-0.15, -0.1) is 0 Å². The average Bonchev–Trinajstić information content (AvgIpc) is 2.76. The minimum absolute atomic E-state index is 0.0773. The van der Waals surface area contributed by atoms with E-state index in [-0.39, 0.29) is 5.91 Å². The van der Waals surface area contributed by atoms with Crippen molar-refractivity contribution in [1.29, 1.82) is 0 Å². The summed E-state index contributed by atoms with van der Waals surface area (Å²) in [7, 11) is 0. The molecule has 0 saturated heterocycles. The number of hydrogen-bond acceptors (Lipinski definition) is 3. The smallest absolute Gasteiger partial charge is 0.251 e. The number of rotatable bonds is 4. The van der Waals surface area contributed by atoms with Gasteiger partial charge in [-0.25, -0.2) is 0 Å². The molecule has 0 aliphatic rings. The summed E-state index contributed by atoms with van der Waals surface area (Å²) in [4.78, 5) is 11.8. The second-order valence-electron chi connectivity index (χ2n) is 3.80. The molecular weight excluding hydrogens is 343 g/mol. The van der Waals surface area contributed by atoms with Crippen LogP contribution in [0, 0.1) is 3.57 Å². The van der Waals surface area contributed by atoms with Gasteiger partial charge in [0, 0.05) is 21.9 Å². The van der Waals surface area contributed by atoms with E-state index in [0.717, 1.165) is 3.57 Å². The highest BCUT2D eigenvalue weighted by atomic mass is 127. The third-order valence-corrected chi connectivity index (χ3v) is 3.11. The summed E-state index contributed by atoms with van der Waals surface area (Å²) in [6, 6.07) is 7.43. The van der Waals surface area contributed by atoms with E-state index < -0.39 is 0 Å². The molecule has 2 aromatic rings. The largest absolute Gasteiger partial charge is 0.396 e. The van der Waals surface area contributed by atoms with Gasteiger partial charge in [-0.1, -0.05) is 0 Å². The molecule has 2 rings (SSSR count). The van der Waals surface area contributed by atoms with Crippen LogP contribution >= 0.6 is 22.6 Å². The molecule has 6 heteroatoms. The maximum Gasteiger partial charge on any atom is 0.251 e. The summed E-state index contributed by atoms with van der Waals surface area (Å²) in [5.74, 6) is -0.0773. The molecule has 0 aliphatic heterocycles. The Morgan fingerprint density at radius 1 is 1.39 bits per heavy atom. The van der Waals surface area contributed by atoms with Crippen molar-refractivity contribution in [2.45, 2.75) is 6.54 Å². The zero-order valence-electron chi connectivity index (χ0n) is 9.64. The Labute approximate surface area is 119 Å². The lowest BCUT2D eigenvalue weighted by Crippen LogP contribution is -2.27. The molecule has 1 amide bonds. The highest BCUT2D eigenvalue weighted by Gasteiger charge is 2.04. The van der Waals surface area contributed by atoms with Crippen LogP contribution in [-0.2, 0) is 6.54 Å². The van der Waals surface area contributed by atoms with Crippen LogP contribution in [0.3, 0.4) is 0 Å². The highest BCUT2D eigenvalue weighted by molar-refractivity contribution is 14.1. The third-order valence-electron chi connectivity index (χ3n) is 2.39. The lowest BCUT2D eigenvalue weighted by Gasteiger charge is -2.05. The number of nitrogen functional groups attached to an aromatic ring is 1. The quantitative estimate of drug-likeness (QED) is 0.816. The standard InChI is InChI=1S/C12H13IN4O/c13-10-3-1-9(2-4-10)12(18)15-5-6-17-8-11(14)7-16-17/h1-4,7-8H,5-6,14H2,(H,15,18). The summed E-state index contributed by atoms with van der Waals surface area (Å²) in [5.41, 5.74) is 6.83. The van der Waals surface area contributed by atoms with Crippen LogP contribution in [0.4, 0.5) is 5.69 Å². The number of halogens is 1. The molecule has 0 fully saturated rings. The normalized spacial score (nSPS) is 10.3. The highest BCUT2D eigenvalue weighted by Crippen LogP contribution is 2.06. The molecule has 5 nitrogen and oxygen atoms in total. The van der Waals surface area contributed by atoms with Gasteiger partial charge >= 0.3 is 0 Å². The minimum atomic E-state index is -0.0773. The van der Waals surface area contributed by atoms with Gasteiger partial charge in [-0.2, -0.15) is 5.10 Å². The van der Waals surface area contributed by atoms with Crippen molar-refractivity contribution in [1.82, 2.24) is 15.1 Å². The number of hydrogen-bond donors (Lipinski definition) is 2. The molecule has 0 atom stereocenters. The molecule has 18 heavy (non-hydrogen) atoms. The Kier molecular flexibility index (Phi) is 4.19. The molecule has 0 saturated carbocycles. The molecule has 0 radical (unpaired) electrons. The van der Waals surface area contributed by atoms with E-state index >= 15 is 0 Å². The maximum absolute atomic E-state index is 11.8. The van der Waals surface area contributed by atoms with Crippen LogP contribution in [0.2, 0.25) is 0 Å². The first kappa shape index (κ1) is 12.9. The number of carbonyl (C=O) groups excluding carboxylic acids is 1. The Bertz CT molecular complexity index is 535. The molecule has 0 unspecified atom stereocenters. The maximum atomic E-state index is 11.8. The zero-order chi connectivity index (χ0) is 13.0. The van der Waals surface area contributed by atoms with E-state index in [4.69, 9.17) is 5.73 Å². The molecule has 3 N–H and O–H groups in total. The lowest BCUT2D eigenvalue weighted by molar-refractivity contribution is 0.0952. The predicted octanol–water partition coefficient (Wildman–Crippen LogP) is 1.50. The summed E-state index contributed by atoms with van der Waals surface area (Å²) in [6.45, 7) is 1.12. The Morgan fingerprint density at radius 3 is 2.72 bits per heavy atom. The molecule has 0 aliphatic carbocycles. The fourth-order valence-electron chi connectivity index (χ4n) is 1.49. The van der Waals surface area contributed by atoms with E-state index in [0.29, 0.717) is 24.3 Å². The molecule has 1 heterocycles. The number of amides is 1. The molecule has 1 aromatic carbocycles. The zero-order valence-corrected chi connectivity index (χ0v) is 11.8. The number of nitrogens with two attached hydrogens (primary N) is 1. The Hall–Kier alpha value is -1.57. The van der Waals surface area contributed by atoms with Gasteiger partial charge in [0.15, 0.2) is 0 Å². The Morgan fingerprint density at radius 2 is 2.11 bits per heavy atom. The van der Waals surface area contributed by atoms with E-state index in [2.05, 4.69) is 33.0 Å². The van der Waals surface area contributed by atoms with Crippen molar-refractivity contribution in [3.8, 4) is 0 Å². The predicted molar refractivity (Wildman–Crippen MR) is 78.1 cm³/mol. The van der Waals surface area contributed by atoms with Crippen LogP contribution < -0.4 is 11.1 Å². The SMILES string of the molecule is Nc1cnn(CCNC(=O)c2ccc(I)cc2)c1. The second kappa shape index (κ2) is 5.85. The summed E-state index contributed by atoms with van der Waals surface area (Å²) in [5, 5.41) is 6.87. The van der Waals surface area contributed by atoms with E-state index in [1.807, 2.05) is 24.3 Å². The van der Waals surface area contributed by atoms with Crippen molar-refractivity contribution in [3.63, 3.8) is 0 Å². The van der Waals surface area contributed by atoms with Crippen molar-refractivity contribution in [2.24, 2.45) is 0 Å². The van der Waals surface area contributed by atoms with Crippen LogP contribution in [0.15, 0.2) is 36.7 Å². The van der Waals surface area contributed by atoms with E-state index in [1.165, 1.54) is 0 Å². The van der Waals surface area contributed by atoms with Crippen LogP contribution in [-0.4, -0.2) is 22.2 Å². The van der Waals surface area contributed by atoms with Crippen LogP contribution in [0.5, 0.6) is 0 Å². The summed E-state index contributed by atoms with van der Waals surface area (Å²) >= 11 is 2.20. The van der Waals surface area contributed by atoms with Gasteiger partial charge in [0.05, 0.1) is 18.4 Å². The molecule has 94 valence electrons. The number of aromatic nitrogens is 2. The lowest BCUT2D eigenvalue weighted by atomic mass is 10.2. The van der Waals surface area contributed by atoms with Gasteiger partial charge in [0.2, 0.25) is 0 Å². The van der Waals surface area contributed by atoms with Gasteiger partial charge < -0.3 is 11.1 Å². The number of anilines is 1. The Balaban J connectivity index is 1.83. The van der Waals surface area contributed by atoms with Gasteiger partial charge in [-0.05, 0) is 46.9 Å². The van der Waals surface area contributed by atoms with Crippen molar-refractivity contribution in [3.05, 3.63) is 45.8 Å².